The molecule has 8 heteroatoms. The van der Waals surface area contributed by atoms with Gasteiger partial charge in [0.25, 0.3) is 5.91 Å². The summed E-state index contributed by atoms with van der Waals surface area (Å²) in [6.07, 6.45) is -3.67. The molecule has 142 valence electrons. The highest BCUT2D eigenvalue weighted by atomic mass is 32.2. The van der Waals surface area contributed by atoms with Crippen LogP contribution in [-0.4, -0.2) is 22.9 Å². The summed E-state index contributed by atoms with van der Waals surface area (Å²) in [6.45, 7) is 2.42. The highest BCUT2D eigenvalue weighted by Crippen LogP contribution is 2.36. The fourth-order valence-electron chi connectivity index (χ4n) is 2.64. The number of hydrogen-bond acceptors (Lipinski definition) is 2. The number of alkyl halides is 3. The Bertz CT molecular complexity index is 865. The van der Waals surface area contributed by atoms with Gasteiger partial charge in [0.05, 0.1) is 5.56 Å². The molecule has 0 aromatic heterocycles. The van der Waals surface area contributed by atoms with Gasteiger partial charge in [0, 0.05) is 23.0 Å². The molecule has 0 bridgehead atoms. The van der Waals surface area contributed by atoms with E-state index in [2.05, 4.69) is 4.99 Å². The van der Waals surface area contributed by atoms with E-state index in [9.17, 15) is 22.4 Å². The van der Waals surface area contributed by atoms with Crippen molar-refractivity contribution in [3.05, 3.63) is 65.5 Å². The first-order valence-corrected chi connectivity index (χ1v) is 9.16. The number of anilines is 1. The average Bonchev–Trinajstić information content (AvgIpc) is 3.04. The summed E-state index contributed by atoms with van der Waals surface area (Å²) in [7, 11) is 0. The van der Waals surface area contributed by atoms with E-state index in [1.54, 1.807) is 11.0 Å². The van der Waals surface area contributed by atoms with Gasteiger partial charge in [-0.25, -0.2) is 4.39 Å². The summed E-state index contributed by atoms with van der Waals surface area (Å²) in [5, 5.41) is 0.454. The zero-order valence-corrected chi connectivity index (χ0v) is 15.1. The Morgan fingerprint density at radius 2 is 1.93 bits per heavy atom. The van der Waals surface area contributed by atoms with Crippen LogP contribution < -0.4 is 4.90 Å². The summed E-state index contributed by atoms with van der Waals surface area (Å²) in [6, 6.07) is 9.93. The van der Waals surface area contributed by atoms with E-state index in [1.165, 1.54) is 30.0 Å². The van der Waals surface area contributed by atoms with Crippen LogP contribution in [0.2, 0.25) is 0 Å². The number of carbonyl (C=O) groups is 1. The normalized spacial score (nSPS) is 18.9. The van der Waals surface area contributed by atoms with Crippen molar-refractivity contribution in [2.45, 2.75) is 24.8 Å². The van der Waals surface area contributed by atoms with Gasteiger partial charge >= 0.3 is 6.18 Å². The molecule has 0 N–H and O–H groups in total. The van der Waals surface area contributed by atoms with E-state index in [1.807, 2.05) is 6.92 Å². The van der Waals surface area contributed by atoms with Crippen LogP contribution in [0.25, 0.3) is 0 Å². The molecule has 1 aliphatic heterocycles. The largest absolute Gasteiger partial charge is 0.416 e. The van der Waals surface area contributed by atoms with Crippen molar-refractivity contribution in [3.8, 4) is 0 Å². The third kappa shape index (κ3) is 4.50. The summed E-state index contributed by atoms with van der Waals surface area (Å²) >= 11 is 1.35. The monoisotopic (exact) mass is 396 g/mol. The molecule has 1 amide bonds. The number of hydrogen-bond donors (Lipinski definition) is 0. The number of thioether (sulfide) groups is 1. The molecule has 0 aliphatic carbocycles. The minimum atomic E-state index is -4.45. The maximum absolute atomic E-state index is 13.0. The molecular formula is C19H16F4N2OS. The molecule has 1 saturated heterocycles. The fraction of sp³-hybridized carbons (Fsp3) is 0.263. The second kappa shape index (κ2) is 7.72. The van der Waals surface area contributed by atoms with Crippen molar-refractivity contribution < 1.29 is 22.4 Å². The van der Waals surface area contributed by atoms with Gasteiger partial charge in [-0.2, -0.15) is 18.2 Å². The molecule has 1 fully saturated rings. The van der Waals surface area contributed by atoms with E-state index < -0.39 is 23.5 Å². The van der Waals surface area contributed by atoms with Crippen LogP contribution in [0.15, 0.2) is 53.5 Å². The topological polar surface area (TPSA) is 32.7 Å². The predicted octanol–water partition coefficient (Wildman–Crippen LogP) is 5.37. The molecule has 3 rings (SSSR count). The molecular weight excluding hydrogens is 380 g/mol. The molecule has 27 heavy (non-hydrogen) atoms. The van der Waals surface area contributed by atoms with Crippen LogP contribution in [0, 0.1) is 5.82 Å². The molecule has 1 atom stereocenters. The van der Waals surface area contributed by atoms with Gasteiger partial charge < -0.3 is 4.90 Å². The van der Waals surface area contributed by atoms with Crippen molar-refractivity contribution >= 4 is 28.5 Å². The lowest BCUT2D eigenvalue weighted by Crippen LogP contribution is -2.26. The SMILES string of the molecule is CCC1CN(c2cccc(C(F)(F)F)c2)C(=NC(=O)c2ccc(F)cc2)S1. The Kier molecular flexibility index (Phi) is 5.55. The molecule has 1 unspecified atom stereocenters. The van der Waals surface area contributed by atoms with E-state index in [0.717, 1.165) is 30.7 Å². The van der Waals surface area contributed by atoms with Crippen LogP contribution in [0.3, 0.4) is 0 Å². The zero-order valence-electron chi connectivity index (χ0n) is 14.3. The Hall–Kier alpha value is -2.35. The number of halogens is 4. The van der Waals surface area contributed by atoms with Crippen molar-refractivity contribution in [1.82, 2.24) is 0 Å². The predicted molar refractivity (Wildman–Crippen MR) is 98.6 cm³/mol. The molecule has 0 saturated carbocycles. The second-order valence-corrected chi connectivity index (χ2v) is 7.28. The Balaban J connectivity index is 1.93. The van der Waals surface area contributed by atoms with Crippen LogP contribution in [0.1, 0.15) is 29.3 Å². The number of benzene rings is 2. The number of amidine groups is 1. The molecule has 1 heterocycles. The first-order chi connectivity index (χ1) is 12.8. The van der Waals surface area contributed by atoms with Gasteiger partial charge in [-0.3, -0.25) is 4.79 Å². The molecule has 2 aromatic carbocycles. The molecule has 0 radical (unpaired) electrons. The average molecular weight is 396 g/mol. The number of aliphatic imine (C=N–C) groups is 1. The van der Waals surface area contributed by atoms with Crippen LogP contribution in [0.4, 0.5) is 23.2 Å². The Morgan fingerprint density at radius 3 is 2.56 bits per heavy atom. The maximum Gasteiger partial charge on any atom is 0.416 e. The lowest BCUT2D eigenvalue weighted by atomic mass is 10.1. The summed E-state index contributed by atoms with van der Waals surface area (Å²) in [5.74, 6) is -1.03. The summed E-state index contributed by atoms with van der Waals surface area (Å²) in [4.78, 5) is 18.1. The lowest BCUT2D eigenvalue weighted by Gasteiger charge is -2.19. The highest BCUT2D eigenvalue weighted by Gasteiger charge is 2.33. The molecule has 3 nitrogen and oxygen atoms in total. The summed E-state index contributed by atoms with van der Waals surface area (Å²) in [5.41, 5.74) is -0.207. The molecule has 1 aliphatic rings. The van der Waals surface area contributed by atoms with Crippen LogP contribution in [0.5, 0.6) is 0 Å². The van der Waals surface area contributed by atoms with Gasteiger partial charge in [0.15, 0.2) is 5.17 Å². The van der Waals surface area contributed by atoms with E-state index in [0.29, 0.717) is 17.4 Å². The Labute approximate surface area is 158 Å². The van der Waals surface area contributed by atoms with Crippen molar-refractivity contribution in [2.75, 3.05) is 11.4 Å². The quantitative estimate of drug-likeness (QED) is 0.654. The lowest BCUT2D eigenvalue weighted by molar-refractivity contribution is -0.137. The minimum Gasteiger partial charge on any atom is -0.320 e. The van der Waals surface area contributed by atoms with Gasteiger partial charge in [-0.1, -0.05) is 24.8 Å². The maximum atomic E-state index is 13.0. The minimum absolute atomic E-state index is 0.110. The van der Waals surface area contributed by atoms with E-state index >= 15 is 0 Å². The van der Waals surface area contributed by atoms with Crippen LogP contribution >= 0.6 is 11.8 Å². The van der Waals surface area contributed by atoms with Crippen molar-refractivity contribution in [2.24, 2.45) is 4.99 Å². The van der Waals surface area contributed by atoms with Crippen LogP contribution in [-0.2, 0) is 6.18 Å². The number of rotatable bonds is 3. The first-order valence-electron chi connectivity index (χ1n) is 8.28. The Morgan fingerprint density at radius 1 is 1.22 bits per heavy atom. The zero-order chi connectivity index (χ0) is 19.6. The number of carbonyl (C=O) groups excluding carboxylic acids is 1. The number of nitrogens with zero attached hydrogens (tertiary/aromatic N) is 2. The highest BCUT2D eigenvalue weighted by molar-refractivity contribution is 8.15. The molecule has 2 aromatic rings. The standard InChI is InChI=1S/C19H16F4N2OS/c1-2-16-11-25(15-5-3-4-13(10-15)19(21,22)23)18(27-16)24-17(26)12-6-8-14(20)9-7-12/h3-10,16H,2,11H2,1H3. The third-order valence-electron chi connectivity index (χ3n) is 4.12. The number of amides is 1. The van der Waals surface area contributed by atoms with Crippen molar-refractivity contribution in [3.63, 3.8) is 0 Å². The molecule has 0 spiro atoms. The third-order valence-corrected chi connectivity index (χ3v) is 5.46. The van der Waals surface area contributed by atoms with E-state index in [4.69, 9.17) is 0 Å². The van der Waals surface area contributed by atoms with Gasteiger partial charge in [-0.05, 0) is 48.9 Å². The van der Waals surface area contributed by atoms with Gasteiger partial charge in [0.1, 0.15) is 5.82 Å². The first kappa shape index (κ1) is 19.4. The smallest absolute Gasteiger partial charge is 0.320 e. The van der Waals surface area contributed by atoms with E-state index in [-0.39, 0.29) is 10.8 Å². The van der Waals surface area contributed by atoms with Gasteiger partial charge in [-0.15, -0.1) is 0 Å². The fourth-order valence-corrected chi connectivity index (χ4v) is 3.77. The second-order valence-electron chi connectivity index (χ2n) is 6.01. The van der Waals surface area contributed by atoms with Gasteiger partial charge in [0.2, 0.25) is 0 Å². The van der Waals surface area contributed by atoms with Crippen molar-refractivity contribution in [1.29, 1.82) is 0 Å². The summed E-state index contributed by atoms with van der Waals surface area (Å²) < 4.78 is 52.1.